The maximum atomic E-state index is 12.2. The Morgan fingerprint density at radius 1 is 0.477 bits per heavy atom. The third kappa shape index (κ3) is 10.7. The second-order valence-corrected chi connectivity index (χ2v) is 9.69. The summed E-state index contributed by atoms with van der Waals surface area (Å²) in [5.41, 5.74) is 0. The lowest BCUT2D eigenvalue weighted by Gasteiger charge is -2.48. The molecule has 248 valence electrons. The smallest absolute Gasteiger partial charge is 0.305 e. The van der Waals surface area contributed by atoms with Crippen molar-refractivity contribution in [3.05, 3.63) is 0 Å². The summed E-state index contributed by atoms with van der Waals surface area (Å²) in [6.07, 6.45) is -16.3. The second kappa shape index (κ2) is 16.3. The Morgan fingerprint density at radius 2 is 0.864 bits per heavy atom. The molecule has 44 heavy (non-hydrogen) atoms. The maximum absolute atomic E-state index is 12.2. The number of aliphatic hydroxyl groups excluding tert-OH is 1. The quantitative estimate of drug-likeness (QED) is 0.203. The monoisotopic (exact) mass is 636 g/mol. The Labute approximate surface area is 251 Å². The molecule has 0 bridgehead atoms. The Bertz CT molecular complexity index is 1090. The number of carbonyl (C=O) groups is 7. The lowest BCUT2D eigenvalue weighted by atomic mass is 9.96. The summed E-state index contributed by atoms with van der Waals surface area (Å²) < 4.78 is 54.1. The number of hydrogen-bond acceptors (Lipinski definition) is 18. The molecule has 0 aromatic heterocycles. The standard InChI is InChI=1S/C26H36O18/c1-10(27)35-8-17-19(34)21(37-12(3)29)23(39-14(5)31)26(42-17)44-20-18(9-36-11(2)28)43-25(41-16(7)33)24(40-15(6)32)22(20)38-13(4)30/h17-26,34H,8-9H2,1-7H3/t17-,18-,19-,20-,21+,22+,23-,24-,25-,26-/m1/s1. The Balaban J connectivity index is 2.65. The molecule has 2 aliphatic heterocycles. The molecule has 2 rings (SSSR count). The minimum Gasteiger partial charge on any atom is -0.463 e. The van der Waals surface area contributed by atoms with Gasteiger partial charge in [-0.25, -0.2) is 0 Å². The average Bonchev–Trinajstić information content (AvgIpc) is 2.87. The van der Waals surface area contributed by atoms with E-state index in [9.17, 15) is 38.7 Å². The average molecular weight is 637 g/mol. The Kier molecular flexibility index (Phi) is 13.4. The number of hydrogen-bond donors (Lipinski definition) is 1. The first kappa shape index (κ1) is 36.3. The first-order chi connectivity index (χ1) is 20.5. The number of aliphatic hydroxyl groups is 1. The molecule has 0 aliphatic carbocycles. The summed E-state index contributed by atoms with van der Waals surface area (Å²) in [4.78, 5) is 83.3. The third-order valence-corrected chi connectivity index (χ3v) is 5.89. The van der Waals surface area contributed by atoms with Gasteiger partial charge in [0.1, 0.15) is 37.6 Å². The van der Waals surface area contributed by atoms with Crippen LogP contribution in [0.2, 0.25) is 0 Å². The van der Waals surface area contributed by atoms with E-state index in [0.29, 0.717) is 0 Å². The van der Waals surface area contributed by atoms with Gasteiger partial charge in [-0.1, -0.05) is 0 Å². The summed E-state index contributed by atoms with van der Waals surface area (Å²) in [6, 6.07) is 0. The summed E-state index contributed by atoms with van der Waals surface area (Å²) in [6.45, 7) is 6.09. The van der Waals surface area contributed by atoms with Crippen molar-refractivity contribution in [1.29, 1.82) is 0 Å². The van der Waals surface area contributed by atoms with E-state index in [1.54, 1.807) is 0 Å². The molecule has 2 fully saturated rings. The van der Waals surface area contributed by atoms with Crippen LogP contribution in [0.15, 0.2) is 0 Å². The molecule has 2 saturated heterocycles. The van der Waals surface area contributed by atoms with Crippen LogP contribution in [0.5, 0.6) is 0 Å². The molecule has 18 heteroatoms. The van der Waals surface area contributed by atoms with Crippen molar-refractivity contribution in [3.8, 4) is 0 Å². The Morgan fingerprint density at radius 3 is 1.32 bits per heavy atom. The van der Waals surface area contributed by atoms with Gasteiger partial charge < -0.3 is 52.5 Å². The van der Waals surface area contributed by atoms with Crippen LogP contribution >= 0.6 is 0 Å². The number of esters is 7. The van der Waals surface area contributed by atoms with Crippen molar-refractivity contribution >= 4 is 41.8 Å². The van der Waals surface area contributed by atoms with Crippen LogP contribution in [0.3, 0.4) is 0 Å². The molecule has 1 N–H and O–H groups in total. The van der Waals surface area contributed by atoms with Gasteiger partial charge in [0.05, 0.1) is 0 Å². The lowest BCUT2D eigenvalue weighted by molar-refractivity contribution is -0.357. The molecule has 0 aromatic carbocycles. The van der Waals surface area contributed by atoms with Gasteiger partial charge in [-0.2, -0.15) is 0 Å². The van der Waals surface area contributed by atoms with Crippen LogP contribution in [-0.4, -0.2) is 122 Å². The van der Waals surface area contributed by atoms with E-state index < -0.39 is 116 Å². The molecule has 0 radical (unpaired) electrons. The molecule has 10 atom stereocenters. The summed E-state index contributed by atoms with van der Waals surface area (Å²) in [5.74, 6) is -6.04. The molecule has 0 aromatic rings. The molecule has 18 nitrogen and oxygen atoms in total. The van der Waals surface area contributed by atoms with Crippen LogP contribution in [0.25, 0.3) is 0 Å². The fourth-order valence-corrected chi connectivity index (χ4v) is 4.41. The van der Waals surface area contributed by atoms with Crippen molar-refractivity contribution < 1.29 is 86.0 Å². The van der Waals surface area contributed by atoms with Gasteiger partial charge >= 0.3 is 41.8 Å². The highest BCUT2D eigenvalue weighted by Gasteiger charge is 2.57. The van der Waals surface area contributed by atoms with Crippen molar-refractivity contribution in [1.82, 2.24) is 0 Å². The predicted molar refractivity (Wildman–Crippen MR) is 135 cm³/mol. The fourth-order valence-electron chi connectivity index (χ4n) is 4.41. The van der Waals surface area contributed by atoms with Gasteiger partial charge in [0, 0.05) is 48.5 Å². The molecular formula is C26H36O18. The predicted octanol–water partition coefficient (Wildman–Crippen LogP) is -1.40. The molecule has 2 aliphatic rings. The van der Waals surface area contributed by atoms with E-state index in [4.69, 9.17) is 47.4 Å². The second-order valence-electron chi connectivity index (χ2n) is 9.69. The van der Waals surface area contributed by atoms with Crippen LogP contribution in [0, 0.1) is 0 Å². The van der Waals surface area contributed by atoms with Gasteiger partial charge in [0.2, 0.25) is 12.4 Å². The number of carbonyl (C=O) groups excluding carboxylic acids is 7. The molecular weight excluding hydrogens is 600 g/mol. The topological polar surface area (TPSA) is 232 Å². The normalized spacial score (nSPS) is 31.5. The van der Waals surface area contributed by atoms with E-state index in [1.165, 1.54) is 0 Å². The van der Waals surface area contributed by atoms with Gasteiger partial charge in [-0.3, -0.25) is 33.6 Å². The highest BCUT2D eigenvalue weighted by molar-refractivity contribution is 5.69. The van der Waals surface area contributed by atoms with Gasteiger partial charge in [0.25, 0.3) is 0 Å². The maximum Gasteiger partial charge on any atom is 0.305 e. The summed E-state index contributed by atoms with van der Waals surface area (Å²) >= 11 is 0. The van der Waals surface area contributed by atoms with Gasteiger partial charge in [-0.15, -0.1) is 0 Å². The molecule has 0 saturated carbocycles. The highest BCUT2D eigenvalue weighted by Crippen LogP contribution is 2.34. The van der Waals surface area contributed by atoms with Gasteiger partial charge in [0.15, 0.2) is 24.6 Å². The van der Waals surface area contributed by atoms with E-state index in [1.807, 2.05) is 0 Å². The molecule has 0 spiro atoms. The van der Waals surface area contributed by atoms with E-state index in [-0.39, 0.29) is 0 Å². The van der Waals surface area contributed by atoms with Crippen molar-refractivity contribution in [2.24, 2.45) is 0 Å². The van der Waals surface area contributed by atoms with E-state index >= 15 is 0 Å². The highest BCUT2D eigenvalue weighted by atomic mass is 16.8. The van der Waals surface area contributed by atoms with E-state index in [2.05, 4.69) is 0 Å². The number of rotatable bonds is 11. The third-order valence-electron chi connectivity index (χ3n) is 5.89. The van der Waals surface area contributed by atoms with Crippen molar-refractivity contribution in [2.45, 2.75) is 110 Å². The SMILES string of the molecule is CC(=O)OC[C@H]1O[C@H](O[C@H]2[C@H](OC(C)=O)[C@@H](OC(C)=O)[C@H](OC(C)=O)O[C@@H]2COC(C)=O)[C@H](OC(C)=O)[C@@H](OC(C)=O)[C@@H]1O. The first-order valence-electron chi connectivity index (χ1n) is 13.3. The summed E-state index contributed by atoms with van der Waals surface area (Å²) in [7, 11) is 0. The largest absolute Gasteiger partial charge is 0.463 e. The molecule has 2 heterocycles. The zero-order chi connectivity index (χ0) is 33.3. The van der Waals surface area contributed by atoms with E-state index in [0.717, 1.165) is 48.5 Å². The van der Waals surface area contributed by atoms with Crippen LogP contribution in [0.1, 0.15) is 48.5 Å². The van der Waals surface area contributed by atoms with Crippen LogP contribution < -0.4 is 0 Å². The molecule has 0 amide bonds. The number of ether oxygens (including phenoxy) is 10. The molecule has 0 unspecified atom stereocenters. The zero-order valence-electron chi connectivity index (χ0n) is 25.1. The van der Waals surface area contributed by atoms with Crippen LogP contribution in [-0.2, 0) is 80.9 Å². The first-order valence-corrected chi connectivity index (χ1v) is 13.3. The lowest BCUT2D eigenvalue weighted by Crippen LogP contribution is -2.67. The van der Waals surface area contributed by atoms with Gasteiger partial charge in [-0.05, 0) is 0 Å². The Hall–Kier alpha value is -3.87. The minimum absolute atomic E-state index is 0.572. The van der Waals surface area contributed by atoms with Crippen molar-refractivity contribution in [3.63, 3.8) is 0 Å². The fraction of sp³-hybridized carbons (Fsp3) is 0.731. The minimum atomic E-state index is -1.79. The van der Waals surface area contributed by atoms with Crippen LogP contribution in [0.4, 0.5) is 0 Å². The summed E-state index contributed by atoms with van der Waals surface area (Å²) in [5, 5.41) is 10.9. The zero-order valence-corrected chi connectivity index (χ0v) is 25.1. The van der Waals surface area contributed by atoms with Crippen molar-refractivity contribution in [2.75, 3.05) is 13.2 Å².